The Hall–Kier alpha value is -3.40. The second-order valence-electron chi connectivity index (χ2n) is 7.84. The van der Waals surface area contributed by atoms with Gasteiger partial charge in [-0.1, -0.05) is 36.4 Å². The first-order valence-corrected chi connectivity index (χ1v) is 12.2. The molecule has 0 unspecified atom stereocenters. The average molecular weight is 467 g/mol. The molecule has 0 aliphatic carbocycles. The fourth-order valence-corrected chi connectivity index (χ4v) is 4.30. The third kappa shape index (κ3) is 5.33. The van der Waals surface area contributed by atoms with Crippen LogP contribution in [0.1, 0.15) is 36.7 Å². The first-order valence-electron chi connectivity index (χ1n) is 10.8. The van der Waals surface area contributed by atoms with Crippen LogP contribution in [0.5, 0.6) is 0 Å². The summed E-state index contributed by atoms with van der Waals surface area (Å²) in [6.45, 7) is 0.213. The molecule has 4 amide bonds. The topological polar surface area (TPSA) is 109 Å². The van der Waals surface area contributed by atoms with Crippen LogP contribution in [0.4, 0.5) is 4.79 Å². The number of nitrogens with zero attached hydrogens (tertiary/aromatic N) is 4. The van der Waals surface area contributed by atoms with E-state index in [4.69, 9.17) is 0 Å². The zero-order chi connectivity index (χ0) is 23.2. The van der Waals surface area contributed by atoms with E-state index in [0.29, 0.717) is 17.9 Å². The van der Waals surface area contributed by atoms with Crippen molar-refractivity contribution in [2.45, 2.75) is 37.9 Å². The number of fused-ring (bicyclic) bond motifs is 1. The van der Waals surface area contributed by atoms with Crippen LogP contribution in [-0.2, 0) is 16.1 Å². The molecular formula is C23H26N6O3S. The molecule has 1 saturated heterocycles. The van der Waals surface area contributed by atoms with Crippen LogP contribution in [0.3, 0.4) is 0 Å². The van der Waals surface area contributed by atoms with Gasteiger partial charge in [0.2, 0.25) is 5.91 Å². The fourth-order valence-electron chi connectivity index (χ4n) is 3.83. The molecule has 0 saturated carbocycles. The van der Waals surface area contributed by atoms with E-state index in [1.165, 1.54) is 4.90 Å². The highest BCUT2D eigenvalue weighted by molar-refractivity contribution is 7.98. The summed E-state index contributed by atoms with van der Waals surface area (Å²) in [5, 5.41) is 14.2. The Morgan fingerprint density at radius 3 is 2.73 bits per heavy atom. The van der Waals surface area contributed by atoms with E-state index in [0.717, 1.165) is 11.3 Å². The second kappa shape index (κ2) is 10.5. The predicted octanol–water partition coefficient (Wildman–Crippen LogP) is 2.54. The molecule has 2 aromatic heterocycles. The van der Waals surface area contributed by atoms with Crippen LogP contribution in [0, 0.1) is 0 Å². The summed E-state index contributed by atoms with van der Waals surface area (Å²) in [7, 11) is 0. The second-order valence-corrected chi connectivity index (χ2v) is 8.82. The molecule has 9 nitrogen and oxygen atoms in total. The van der Waals surface area contributed by atoms with Crippen LogP contribution >= 0.6 is 11.8 Å². The Kier molecular flexibility index (Phi) is 7.23. The van der Waals surface area contributed by atoms with Crippen molar-refractivity contribution in [3.05, 3.63) is 66.1 Å². The number of nitrogens with one attached hydrogen (secondary N) is 2. The van der Waals surface area contributed by atoms with Crippen molar-refractivity contribution in [3.63, 3.8) is 0 Å². The molecule has 0 radical (unpaired) electrons. The zero-order valence-electron chi connectivity index (χ0n) is 18.3. The predicted molar refractivity (Wildman–Crippen MR) is 125 cm³/mol. The van der Waals surface area contributed by atoms with Crippen molar-refractivity contribution in [1.82, 2.24) is 30.1 Å². The maximum absolute atomic E-state index is 12.8. The van der Waals surface area contributed by atoms with E-state index in [-0.39, 0.29) is 37.2 Å². The number of rotatable bonds is 10. The molecule has 2 N–H and O–H groups in total. The summed E-state index contributed by atoms with van der Waals surface area (Å²) in [5.74, 6) is 1.02. The van der Waals surface area contributed by atoms with Crippen LogP contribution in [0.25, 0.3) is 5.65 Å². The van der Waals surface area contributed by atoms with Crippen LogP contribution in [0.15, 0.2) is 54.7 Å². The van der Waals surface area contributed by atoms with E-state index >= 15 is 0 Å². The van der Waals surface area contributed by atoms with Crippen molar-refractivity contribution < 1.29 is 14.4 Å². The van der Waals surface area contributed by atoms with Gasteiger partial charge in [-0.2, -0.15) is 11.8 Å². The molecule has 3 aromatic rings. The molecular weight excluding hydrogens is 440 g/mol. The fraction of sp³-hybridized carbons (Fsp3) is 0.348. The van der Waals surface area contributed by atoms with Gasteiger partial charge in [0.15, 0.2) is 11.5 Å². The summed E-state index contributed by atoms with van der Waals surface area (Å²) < 4.78 is 1.87. The Balaban J connectivity index is 1.36. The van der Waals surface area contributed by atoms with E-state index < -0.39 is 12.1 Å². The van der Waals surface area contributed by atoms with Gasteiger partial charge in [0.1, 0.15) is 6.04 Å². The van der Waals surface area contributed by atoms with Crippen LogP contribution < -0.4 is 10.6 Å². The Labute approximate surface area is 195 Å². The molecule has 0 spiro atoms. The van der Waals surface area contributed by atoms with Gasteiger partial charge in [0, 0.05) is 12.6 Å². The van der Waals surface area contributed by atoms with E-state index in [2.05, 4.69) is 20.8 Å². The molecule has 2 atom stereocenters. The maximum atomic E-state index is 12.8. The lowest BCUT2D eigenvalue weighted by Crippen LogP contribution is -2.34. The van der Waals surface area contributed by atoms with Crippen molar-refractivity contribution in [3.8, 4) is 0 Å². The van der Waals surface area contributed by atoms with Crippen molar-refractivity contribution in [1.29, 1.82) is 0 Å². The third-order valence-electron chi connectivity index (χ3n) is 5.55. The van der Waals surface area contributed by atoms with Gasteiger partial charge in [0.05, 0.1) is 12.6 Å². The minimum absolute atomic E-state index is 0.113. The molecule has 1 aromatic carbocycles. The number of carbonyl (C=O) groups is 3. The molecule has 0 bridgehead atoms. The van der Waals surface area contributed by atoms with Crippen LogP contribution in [0.2, 0.25) is 0 Å². The SMILES string of the molecule is CSCC[C@@H](NC(=O)CC[C@@H]1NC(=O)N(Cc2ccccc2)C1=O)c1nnc2ccccn12. The molecule has 4 rings (SSSR count). The quantitative estimate of drug-likeness (QED) is 0.445. The first kappa shape index (κ1) is 22.8. The van der Waals surface area contributed by atoms with Crippen molar-refractivity contribution >= 4 is 35.3 Å². The van der Waals surface area contributed by atoms with Gasteiger partial charge >= 0.3 is 6.03 Å². The lowest BCUT2D eigenvalue weighted by molar-refractivity contribution is -0.128. The number of hydrogen-bond donors (Lipinski definition) is 2. The average Bonchev–Trinajstić information content (AvgIpc) is 3.37. The summed E-state index contributed by atoms with van der Waals surface area (Å²) in [5.41, 5.74) is 1.59. The number of imide groups is 1. The van der Waals surface area contributed by atoms with Crippen molar-refractivity contribution in [2.75, 3.05) is 12.0 Å². The first-order chi connectivity index (χ1) is 16.1. The maximum Gasteiger partial charge on any atom is 0.325 e. The number of benzene rings is 1. The summed E-state index contributed by atoms with van der Waals surface area (Å²) in [6, 6.07) is 13.5. The highest BCUT2D eigenvalue weighted by Gasteiger charge is 2.37. The van der Waals surface area contributed by atoms with Gasteiger partial charge in [-0.3, -0.25) is 18.9 Å². The van der Waals surface area contributed by atoms with Gasteiger partial charge in [0.25, 0.3) is 5.91 Å². The summed E-state index contributed by atoms with van der Waals surface area (Å²) in [6.07, 6.45) is 4.93. The molecule has 33 heavy (non-hydrogen) atoms. The molecule has 1 fully saturated rings. The Bertz CT molecular complexity index is 1140. The minimum Gasteiger partial charge on any atom is -0.346 e. The third-order valence-corrected chi connectivity index (χ3v) is 6.19. The molecule has 172 valence electrons. The number of amides is 4. The van der Waals surface area contributed by atoms with Gasteiger partial charge < -0.3 is 10.6 Å². The highest BCUT2D eigenvalue weighted by atomic mass is 32.2. The van der Waals surface area contributed by atoms with Gasteiger partial charge in [-0.15, -0.1) is 10.2 Å². The number of carbonyl (C=O) groups excluding carboxylic acids is 3. The number of pyridine rings is 1. The molecule has 1 aliphatic rings. The number of thioether (sulfide) groups is 1. The van der Waals surface area contributed by atoms with Gasteiger partial charge in [-0.05, 0) is 42.5 Å². The highest BCUT2D eigenvalue weighted by Crippen LogP contribution is 2.19. The lowest BCUT2D eigenvalue weighted by atomic mass is 10.1. The Morgan fingerprint density at radius 1 is 1.15 bits per heavy atom. The standard InChI is InChI=1S/C23H26N6O3S/c1-33-14-12-17(21-27-26-19-9-5-6-13-28(19)21)24-20(30)11-10-18-22(31)29(23(32)25-18)15-16-7-3-2-4-8-16/h2-9,13,17-18H,10-12,14-15H2,1H3,(H,24,30)(H,25,32)/t17-,18+/m1/s1. The molecule has 1 aliphatic heterocycles. The molecule has 10 heteroatoms. The normalized spacial score (nSPS) is 16.8. The largest absolute Gasteiger partial charge is 0.346 e. The monoisotopic (exact) mass is 466 g/mol. The Morgan fingerprint density at radius 2 is 1.94 bits per heavy atom. The number of aromatic nitrogens is 3. The molecule has 3 heterocycles. The number of urea groups is 1. The number of hydrogen-bond acceptors (Lipinski definition) is 6. The van der Waals surface area contributed by atoms with E-state index in [1.54, 1.807) is 11.8 Å². The van der Waals surface area contributed by atoms with Crippen LogP contribution in [-0.4, -0.2) is 55.4 Å². The lowest BCUT2D eigenvalue weighted by Gasteiger charge is -2.17. The minimum atomic E-state index is -0.703. The van der Waals surface area contributed by atoms with E-state index in [1.807, 2.05) is 65.4 Å². The van der Waals surface area contributed by atoms with Gasteiger partial charge in [-0.25, -0.2) is 4.79 Å². The summed E-state index contributed by atoms with van der Waals surface area (Å²) in [4.78, 5) is 39.0. The van der Waals surface area contributed by atoms with Crippen molar-refractivity contribution in [2.24, 2.45) is 0 Å². The zero-order valence-corrected chi connectivity index (χ0v) is 19.1. The van der Waals surface area contributed by atoms with E-state index in [9.17, 15) is 14.4 Å². The smallest absolute Gasteiger partial charge is 0.325 e. The summed E-state index contributed by atoms with van der Waals surface area (Å²) >= 11 is 1.69.